The third-order valence-electron chi connectivity index (χ3n) is 3.74. The molecule has 1 aliphatic heterocycles. The molecule has 5 nitrogen and oxygen atoms in total. The molecule has 0 spiro atoms. The maximum atomic E-state index is 11.4. The molecule has 1 unspecified atom stereocenters. The first kappa shape index (κ1) is 13.5. The fraction of sp³-hybridized carbons (Fsp3) is 0.500. The van der Waals surface area contributed by atoms with Gasteiger partial charge in [0.1, 0.15) is 0 Å². The van der Waals surface area contributed by atoms with Gasteiger partial charge in [-0.3, -0.25) is 14.9 Å². The van der Waals surface area contributed by atoms with E-state index in [4.69, 9.17) is 0 Å². The minimum absolute atomic E-state index is 0.0910. The lowest BCUT2D eigenvalue weighted by Crippen LogP contribution is -2.28. The lowest BCUT2D eigenvalue weighted by molar-refractivity contribution is -0.385. The summed E-state index contributed by atoms with van der Waals surface area (Å²) in [6.45, 7) is 4.41. The predicted molar refractivity (Wildman–Crippen MR) is 73.8 cm³/mol. The van der Waals surface area contributed by atoms with E-state index in [2.05, 4.69) is 11.8 Å². The molecule has 1 atom stereocenters. The van der Waals surface area contributed by atoms with Gasteiger partial charge in [-0.1, -0.05) is 6.92 Å². The molecule has 1 saturated heterocycles. The van der Waals surface area contributed by atoms with E-state index in [1.807, 2.05) is 6.07 Å². The standard InChI is InChI=1S/C14H18N2O3/c1-3-11-5-4-8-15(11)12-6-7-13(10(2)17)14(9-12)16(18)19/h6-7,9,11H,3-5,8H2,1-2H3. The number of carbonyl (C=O) groups is 1. The van der Waals surface area contributed by atoms with E-state index in [0.29, 0.717) is 6.04 Å². The highest BCUT2D eigenvalue weighted by molar-refractivity contribution is 5.98. The number of hydrogen-bond acceptors (Lipinski definition) is 4. The molecule has 0 aliphatic carbocycles. The molecule has 5 heteroatoms. The Balaban J connectivity index is 2.40. The molecular formula is C14H18N2O3. The molecular weight excluding hydrogens is 244 g/mol. The van der Waals surface area contributed by atoms with Gasteiger partial charge in [-0.15, -0.1) is 0 Å². The number of ketones is 1. The minimum atomic E-state index is -0.475. The van der Waals surface area contributed by atoms with Gasteiger partial charge in [0, 0.05) is 24.3 Å². The Hall–Kier alpha value is -1.91. The molecule has 2 rings (SSSR count). The van der Waals surface area contributed by atoms with Gasteiger partial charge < -0.3 is 4.90 Å². The maximum absolute atomic E-state index is 11.4. The van der Waals surface area contributed by atoms with Crippen LogP contribution in [0.4, 0.5) is 11.4 Å². The number of Topliss-reactive ketones (excluding diaryl/α,β-unsaturated/α-hetero) is 1. The number of nitrogens with zero attached hydrogens (tertiary/aromatic N) is 2. The smallest absolute Gasteiger partial charge is 0.282 e. The fourth-order valence-corrected chi connectivity index (χ4v) is 2.75. The first-order valence-corrected chi connectivity index (χ1v) is 6.60. The normalized spacial score (nSPS) is 18.6. The molecule has 0 N–H and O–H groups in total. The summed E-state index contributed by atoms with van der Waals surface area (Å²) < 4.78 is 0. The number of carbonyl (C=O) groups excluding carboxylic acids is 1. The van der Waals surface area contributed by atoms with Crippen LogP contribution in [0.15, 0.2) is 18.2 Å². The zero-order valence-corrected chi connectivity index (χ0v) is 11.3. The zero-order valence-electron chi connectivity index (χ0n) is 11.3. The van der Waals surface area contributed by atoms with E-state index in [1.54, 1.807) is 6.07 Å². The maximum Gasteiger partial charge on any atom is 0.282 e. The quantitative estimate of drug-likeness (QED) is 0.475. The second-order valence-corrected chi connectivity index (χ2v) is 4.91. The summed E-state index contributed by atoms with van der Waals surface area (Å²) in [4.78, 5) is 24.2. The van der Waals surface area contributed by atoms with Gasteiger partial charge in [-0.25, -0.2) is 0 Å². The highest BCUT2D eigenvalue weighted by Crippen LogP contribution is 2.31. The van der Waals surface area contributed by atoms with E-state index in [-0.39, 0.29) is 17.0 Å². The lowest BCUT2D eigenvalue weighted by atomic mass is 10.1. The van der Waals surface area contributed by atoms with Crippen molar-refractivity contribution in [3.8, 4) is 0 Å². The van der Waals surface area contributed by atoms with Crippen LogP contribution in [-0.4, -0.2) is 23.3 Å². The third-order valence-corrected chi connectivity index (χ3v) is 3.74. The van der Waals surface area contributed by atoms with Gasteiger partial charge in [-0.2, -0.15) is 0 Å². The SMILES string of the molecule is CCC1CCCN1c1ccc(C(C)=O)c([N+](=O)[O-])c1. The van der Waals surface area contributed by atoms with Crippen LogP contribution in [0, 0.1) is 10.1 Å². The van der Waals surface area contributed by atoms with Gasteiger partial charge in [0.05, 0.1) is 10.5 Å². The molecule has 1 fully saturated rings. The summed E-state index contributed by atoms with van der Waals surface area (Å²) in [5.74, 6) is -0.272. The lowest BCUT2D eigenvalue weighted by Gasteiger charge is -2.25. The Morgan fingerprint density at radius 1 is 1.53 bits per heavy atom. The largest absolute Gasteiger partial charge is 0.368 e. The van der Waals surface area contributed by atoms with Crippen molar-refractivity contribution >= 4 is 17.2 Å². The van der Waals surface area contributed by atoms with Crippen LogP contribution in [0.3, 0.4) is 0 Å². The molecule has 1 aromatic carbocycles. The molecule has 19 heavy (non-hydrogen) atoms. The van der Waals surface area contributed by atoms with E-state index < -0.39 is 4.92 Å². The highest BCUT2D eigenvalue weighted by atomic mass is 16.6. The highest BCUT2D eigenvalue weighted by Gasteiger charge is 2.26. The molecule has 1 heterocycles. The third kappa shape index (κ3) is 2.59. The Morgan fingerprint density at radius 2 is 2.26 bits per heavy atom. The van der Waals surface area contributed by atoms with Crippen LogP contribution in [0.25, 0.3) is 0 Å². The summed E-state index contributed by atoms with van der Waals surface area (Å²) in [5.41, 5.74) is 0.939. The molecule has 0 aromatic heterocycles. The number of benzene rings is 1. The van der Waals surface area contributed by atoms with Crippen molar-refractivity contribution in [3.05, 3.63) is 33.9 Å². The van der Waals surface area contributed by atoms with Crippen molar-refractivity contribution in [3.63, 3.8) is 0 Å². The number of anilines is 1. The van der Waals surface area contributed by atoms with Crippen molar-refractivity contribution in [2.24, 2.45) is 0 Å². The van der Waals surface area contributed by atoms with E-state index in [9.17, 15) is 14.9 Å². The van der Waals surface area contributed by atoms with Crippen molar-refractivity contribution in [1.29, 1.82) is 0 Å². The minimum Gasteiger partial charge on any atom is -0.368 e. The fourth-order valence-electron chi connectivity index (χ4n) is 2.75. The summed E-state index contributed by atoms with van der Waals surface area (Å²) in [6, 6.07) is 5.37. The van der Waals surface area contributed by atoms with Crippen LogP contribution in [0.5, 0.6) is 0 Å². The Bertz CT molecular complexity index is 513. The van der Waals surface area contributed by atoms with Crippen molar-refractivity contribution < 1.29 is 9.72 Å². The Labute approximate surface area is 112 Å². The number of nitro groups is 1. The van der Waals surface area contributed by atoms with Gasteiger partial charge in [0.15, 0.2) is 5.78 Å². The van der Waals surface area contributed by atoms with Crippen LogP contribution in [0.1, 0.15) is 43.5 Å². The van der Waals surface area contributed by atoms with Gasteiger partial charge in [-0.05, 0) is 38.3 Å². The van der Waals surface area contributed by atoms with E-state index in [1.165, 1.54) is 13.0 Å². The summed E-state index contributed by atoms with van der Waals surface area (Å²) in [6.07, 6.45) is 3.27. The zero-order chi connectivity index (χ0) is 14.0. The average Bonchev–Trinajstić information content (AvgIpc) is 2.86. The van der Waals surface area contributed by atoms with Gasteiger partial charge in [0.2, 0.25) is 0 Å². The summed E-state index contributed by atoms with van der Waals surface area (Å²) in [7, 11) is 0. The number of nitro benzene ring substituents is 1. The van der Waals surface area contributed by atoms with Crippen LogP contribution in [0.2, 0.25) is 0 Å². The van der Waals surface area contributed by atoms with Crippen LogP contribution in [-0.2, 0) is 0 Å². The molecule has 0 saturated carbocycles. The molecule has 102 valence electrons. The van der Waals surface area contributed by atoms with Crippen LogP contribution < -0.4 is 4.90 Å². The van der Waals surface area contributed by atoms with Crippen molar-refractivity contribution in [2.45, 2.75) is 39.2 Å². The van der Waals surface area contributed by atoms with Gasteiger partial charge in [0.25, 0.3) is 5.69 Å². The van der Waals surface area contributed by atoms with Crippen molar-refractivity contribution in [1.82, 2.24) is 0 Å². The number of rotatable bonds is 4. The second-order valence-electron chi connectivity index (χ2n) is 4.91. The summed E-state index contributed by atoms with van der Waals surface area (Å²) >= 11 is 0. The molecule has 0 radical (unpaired) electrons. The molecule has 1 aliphatic rings. The molecule has 1 aromatic rings. The van der Waals surface area contributed by atoms with E-state index in [0.717, 1.165) is 31.5 Å². The van der Waals surface area contributed by atoms with Crippen LogP contribution >= 0.6 is 0 Å². The van der Waals surface area contributed by atoms with Crippen molar-refractivity contribution in [2.75, 3.05) is 11.4 Å². The van der Waals surface area contributed by atoms with Gasteiger partial charge >= 0.3 is 0 Å². The molecule has 0 amide bonds. The monoisotopic (exact) mass is 262 g/mol. The topological polar surface area (TPSA) is 63.5 Å². The summed E-state index contributed by atoms with van der Waals surface area (Å²) in [5, 5.41) is 11.1. The first-order chi connectivity index (χ1) is 9.04. The predicted octanol–water partition coefficient (Wildman–Crippen LogP) is 3.18. The molecule has 0 bridgehead atoms. The second kappa shape index (κ2) is 5.38. The Kier molecular flexibility index (Phi) is 3.83. The first-order valence-electron chi connectivity index (χ1n) is 6.60. The van der Waals surface area contributed by atoms with E-state index >= 15 is 0 Å². The Morgan fingerprint density at radius 3 is 2.84 bits per heavy atom. The average molecular weight is 262 g/mol. The number of hydrogen-bond donors (Lipinski definition) is 0.